The molecule has 0 unspecified atom stereocenters. The number of aryl methyl sites for hydroxylation is 1. The zero-order chi connectivity index (χ0) is 9.68. The van der Waals surface area contributed by atoms with Gasteiger partial charge >= 0.3 is 9.46 Å². The van der Waals surface area contributed by atoms with Gasteiger partial charge in [0, 0.05) is 0 Å². The first-order valence-electron chi connectivity index (χ1n) is 4.13. The Morgan fingerprint density at radius 2 is 1.85 bits per heavy atom. The predicted molar refractivity (Wildman–Crippen MR) is 50.9 cm³/mol. The minimum absolute atomic E-state index is 0.0618. The van der Waals surface area contributed by atoms with Gasteiger partial charge in [0.2, 0.25) is 0 Å². The number of hydrogen-bond donors (Lipinski definition) is 0. The Balaban J connectivity index is 2.49. The van der Waals surface area contributed by atoms with E-state index in [0.717, 1.165) is 11.3 Å². The zero-order valence-corrected chi connectivity index (χ0v) is 8.62. The van der Waals surface area contributed by atoms with Crippen LogP contribution in [0.1, 0.15) is 5.56 Å². The van der Waals surface area contributed by atoms with Crippen LogP contribution in [0.4, 0.5) is 8.22 Å². The highest BCUT2D eigenvalue weighted by atomic mass is 28.4. The first kappa shape index (κ1) is 10.2. The molecule has 1 aromatic carbocycles. The summed E-state index contributed by atoms with van der Waals surface area (Å²) in [4.78, 5) is 0. The van der Waals surface area contributed by atoms with Gasteiger partial charge < -0.3 is 4.74 Å². The maximum Gasteiger partial charge on any atom is 0.411 e. The molecule has 1 aromatic rings. The summed E-state index contributed by atoms with van der Waals surface area (Å²) in [6, 6.07) is 7.31. The van der Waals surface area contributed by atoms with Gasteiger partial charge in [-0.15, -0.1) is 0 Å². The molecule has 0 radical (unpaired) electrons. The SMILES string of the molecule is COc1ccc(CC[SiH](F)F)cc1. The van der Waals surface area contributed by atoms with Gasteiger partial charge in [0.1, 0.15) is 5.75 Å². The van der Waals surface area contributed by atoms with Crippen molar-refractivity contribution in [3.8, 4) is 5.75 Å². The molecule has 0 fully saturated rings. The Morgan fingerprint density at radius 1 is 1.23 bits per heavy atom. The maximum absolute atomic E-state index is 12.0. The molecule has 0 amide bonds. The zero-order valence-electron chi connectivity index (χ0n) is 7.47. The van der Waals surface area contributed by atoms with Crippen molar-refractivity contribution in [1.29, 1.82) is 0 Å². The van der Waals surface area contributed by atoms with Crippen molar-refractivity contribution in [3.63, 3.8) is 0 Å². The molecular formula is C9H12F2OSi. The minimum atomic E-state index is -3.39. The third-order valence-corrected chi connectivity index (χ3v) is 2.54. The quantitative estimate of drug-likeness (QED) is 0.538. The van der Waals surface area contributed by atoms with E-state index in [1.165, 1.54) is 0 Å². The molecule has 0 aliphatic carbocycles. The molecule has 0 aromatic heterocycles. The van der Waals surface area contributed by atoms with E-state index >= 15 is 0 Å². The molecule has 1 rings (SSSR count). The largest absolute Gasteiger partial charge is 0.497 e. The fourth-order valence-corrected chi connectivity index (χ4v) is 1.62. The molecule has 1 nitrogen and oxygen atoms in total. The van der Waals surface area contributed by atoms with Crippen molar-refractivity contribution in [2.75, 3.05) is 7.11 Å². The number of benzene rings is 1. The molecule has 0 aliphatic heterocycles. The first-order chi connectivity index (χ1) is 6.22. The number of hydrogen-bond acceptors (Lipinski definition) is 1. The molecule has 0 spiro atoms. The number of ether oxygens (including phenoxy) is 1. The van der Waals surface area contributed by atoms with Crippen LogP contribution in [0.5, 0.6) is 5.75 Å². The van der Waals surface area contributed by atoms with Crippen molar-refractivity contribution in [2.45, 2.75) is 12.5 Å². The lowest BCUT2D eigenvalue weighted by Crippen LogP contribution is -1.97. The van der Waals surface area contributed by atoms with Gasteiger partial charge in [-0.1, -0.05) is 12.1 Å². The van der Waals surface area contributed by atoms with Crippen LogP contribution in [-0.2, 0) is 6.42 Å². The van der Waals surface area contributed by atoms with Crippen molar-refractivity contribution >= 4 is 9.46 Å². The van der Waals surface area contributed by atoms with Crippen molar-refractivity contribution < 1.29 is 13.0 Å². The second-order valence-electron chi connectivity index (χ2n) is 2.78. The lowest BCUT2D eigenvalue weighted by atomic mass is 10.2. The molecule has 0 aliphatic rings. The normalized spacial score (nSPS) is 10.5. The van der Waals surface area contributed by atoms with Gasteiger partial charge in [-0.05, 0) is 30.2 Å². The number of halogens is 2. The van der Waals surface area contributed by atoms with Crippen LogP contribution in [0, 0.1) is 0 Å². The summed E-state index contributed by atoms with van der Waals surface area (Å²) in [5, 5.41) is 0. The van der Waals surface area contributed by atoms with Crippen LogP contribution in [0.25, 0.3) is 0 Å². The maximum atomic E-state index is 12.0. The molecule has 72 valence electrons. The smallest absolute Gasteiger partial charge is 0.411 e. The van der Waals surface area contributed by atoms with E-state index in [-0.39, 0.29) is 6.04 Å². The Bertz CT molecular complexity index is 248. The van der Waals surface area contributed by atoms with Crippen LogP contribution in [0.3, 0.4) is 0 Å². The highest BCUT2D eigenvalue weighted by Crippen LogP contribution is 2.13. The standard InChI is InChI=1S/C9H12F2OSi/c1-12-9-4-2-8(3-5-9)6-7-13(10)11/h2-5,13H,6-7H2,1H3. The number of methoxy groups -OCH3 is 1. The molecule has 13 heavy (non-hydrogen) atoms. The lowest BCUT2D eigenvalue weighted by Gasteiger charge is -2.02. The van der Waals surface area contributed by atoms with E-state index in [1.807, 2.05) is 12.1 Å². The Labute approximate surface area is 78.3 Å². The Hall–Kier alpha value is -0.903. The van der Waals surface area contributed by atoms with Crippen LogP contribution in [0.15, 0.2) is 24.3 Å². The molecule has 0 N–H and O–H groups in total. The Kier molecular flexibility index (Phi) is 3.89. The third kappa shape index (κ3) is 3.54. The molecule has 0 saturated carbocycles. The van der Waals surface area contributed by atoms with Gasteiger partial charge in [0.25, 0.3) is 0 Å². The molecule has 0 saturated heterocycles. The number of rotatable bonds is 4. The van der Waals surface area contributed by atoms with Crippen LogP contribution >= 0.6 is 0 Å². The summed E-state index contributed by atoms with van der Waals surface area (Å²) < 4.78 is 28.9. The fourth-order valence-electron chi connectivity index (χ4n) is 1.07. The van der Waals surface area contributed by atoms with Gasteiger partial charge in [0.05, 0.1) is 7.11 Å². The molecule has 0 heterocycles. The minimum Gasteiger partial charge on any atom is -0.497 e. The summed E-state index contributed by atoms with van der Waals surface area (Å²) in [5.41, 5.74) is 0.952. The summed E-state index contributed by atoms with van der Waals surface area (Å²) in [6.07, 6.45) is 0.480. The summed E-state index contributed by atoms with van der Waals surface area (Å²) in [7, 11) is -1.81. The van der Waals surface area contributed by atoms with Crippen molar-refractivity contribution in [3.05, 3.63) is 29.8 Å². The van der Waals surface area contributed by atoms with Gasteiger partial charge in [-0.2, -0.15) is 0 Å². The van der Waals surface area contributed by atoms with Crippen molar-refractivity contribution in [1.82, 2.24) is 0 Å². The fraction of sp³-hybridized carbons (Fsp3) is 0.333. The lowest BCUT2D eigenvalue weighted by molar-refractivity contribution is 0.414. The van der Waals surface area contributed by atoms with E-state index in [9.17, 15) is 8.22 Å². The first-order valence-corrected chi connectivity index (χ1v) is 5.82. The predicted octanol–water partition coefficient (Wildman–Crippen LogP) is 2.40. The van der Waals surface area contributed by atoms with Crippen LogP contribution in [-0.4, -0.2) is 16.6 Å². The molecule has 0 bridgehead atoms. The summed E-state index contributed by atoms with van der Waals surface area (Å²) in [5.74, 6) is 0.762. The van der Waals surface area contributed by atoms with Gasteiger partial charge in [0.15, 0.2) is 0 Å². The van der Waals surface area contributed by atoms with Crippen LogP contribution < -0.4 is 4.74 Å². The second kappa shape index (κ2) is 4.96. The third-order valence-electron chi connectivity index (χ3n) is 1.81. The summed E-state index contributed by atoms with van der Waals surface area (Å²) >= 11 is 0. The monoisotopic (exact) mass is 202 g/mol. The summed E-state index contributed by atoms with van der Waals surface area (Å²) in [6.45, 7) is 0. The van der Waals surface area contributed by atoms with E-state index in [2.05, 4.69) is 0 Å². The molecular weight excluding hydrogens is 190 g/mol. The topological polar surface area (TPSA) is 9.23 Å². The van der Waals surface area contributed by atoms with E-state index in [0.29, 0.717) is 6.42 Å². The van der Waals surface area contributed by atoms with Gasteiger partial charge in [-0.3, -0.25) is 8.22 Å². The Morgan fingerprint density at radius 3 is 2.31 bits per heavy atom. The van der Waals surface area contributed by atoms with E-state index in [4.69, 9.17) is 4.74 Å². The average Bonchev–Trinajstić information content (AvgIpc) is 2.15. The highest BCUT2D eigenvalue weighted by molar-refractivity contribution is 6.42. The van der Waals surface area contributed by atoms with Crippen molar-refractivity contribution in [2.24, 2.45) is 0 Å². The second-order valence-corrected chi connectivity index (χ2v) is 4.14. The van der Waals surface area contributed by atoms with Crippen LogP contribution in [0.2, 0.25) is 6.04 Å². The van der Waals surface area contributed by atoms with Gasteiger partial charge in [-0.25, -0.2) is 0 Å². The van der Waals surface area contributed by atoms with E-state index < -0.39 is 9.46 Å². The highest BCUT2D eigenvalue weighted by Gasteiger charge is 2.06. The van der Waals surface area contributed by atoms with E-state index in [1.54, 1.807) is 19.2 Å². The molecule has 4 heteroatoms. The molecule has 0 atom stereocenters. The average molecular weight is 202 g/mol.